The minimum absolute atomic E-state index is 0.758. The summed E-state index contributed by atoms with van der Waals surface area (Å²) in [5.41, 5.74) is 0. The Balaban J connectivity index is 1.63. The lowest BCUT2D eigenvalue weighted by atomic mass is 9.84. The zero-order valence-electron chi connectivity index (χ0n) is 10.5. The Labute approximate surface area is 114 Å². The summed E-state index contributed by atoms with van der Waals surface area (Å²) >= 11 is 7.62. The Morgan fingerprint density at radius 1 is 1.29 bits per heavy atom. The van der Waals surface area contributed by atoms with Gasteiger partial charge in [0.05, 0.1) is 4.34 Å². The van der Waals surface area contributed by atoms with Gasteiger partial charge in [0.25, 0.3) is 0 Å². The molecule has 3 heteroatoms. The van der Waals surface area contributed by atoms with Gasteiger partial charge in [0.1, 0.15) is 0 Å². The van der Waals surface area contributed by atoms with E-state index in [0.29, 0.717) is 0 Å². The molecule has 1 nitrogen and oxygen atoms in total. The molecular formula is C14H22ClNS. The van der Waals surface area contributed by atoms with E-state index in [-0.39, 0.29) is 0 Å². The van der Waals surface area contributed by atoms with E-state index in [2.05, 4.69) is 18.3 Å². The monoisotopic (exact) mass is 271 g/mol. The molecule has 0 spiro atoms. The van der Waals surface area contributed by atoms with Gasteiger partial charge in [-0.05, 0) is 50.2 Å². The molecule has 96 valence electrons. The maximum absolute atomic E-state index is 5.92. The van der Waals surface area contributed by atoms with Crippen molar-refractivity contribution in [2.75, 3.05) is 6.54 Å². The molecule has 1 saturated carbocycles. The molecule has 1 aromatic rings. The third kappa shape index (κ3) is 4.27. The maximum atomic E-state index is 5.92. The van der Waals surface area contributed by atoms with Crippen LogP contribution in [0.3, 0.4) is 0 Å². The molecule has 17 heavy (non-hydrogen) atoms. The number of halogens is 1. The predicted octanol–water partition coefficient (Wildman–Crippen LogP) is 4.50. The first kappa shape index (κ1) is 13.4. The number of thiophene rings is 1. The van der Waals surface area contributed by atoms with Gasteiger partial charge in [0.2, 0.25) is 0 Å². The maximum Gasteiger partial charge on any atom is 0.0931 e. The Morgan fingerprint density at radius 2 is 2.06 bits per heavy atom. The first-order valence-electron chi connectivity index (χ1n) is 6.75. The van der Waals surface area contributed by atoms with E-state index < -0.39 is 0 Å². The van der Waals surface area contributed by atoms with E-state index in [4.69, 9.17) is 11.6 Å². The van der Waals surface area contributed by atoms with Crippen molar-refractivity contribution in [3.8, 4) is 0 Å². The predicted molar refractivity (Wildman–Crippen MR) is 77.1 cm³/mol. The normalized spacial score (nSPS) is 25.1. The van der Waals surface area contributed by atoms with Gasteiger partial charge >= 0.3 is 0 Å². The molecule has 1 aliphatic carbocycles. The molecule has 0 aliphatic heterocycles. The van der Waals surface area contributed by atoms with E-state index in [1.807, 2.05) is 6.07 Å². The van der Waals surface area contributed by atoms with E-state index in [9.17, 15) is 0 Å². The minimum Gasteiger partial charge on any atom is -0.314 e. The molecule has 0 bridgehead atoms. The van der Waals surface area contributed by atoms with Crippen LogP contribution < -0.4 is 5.32 Å². The second-order valence-electron chi connectivity index (χ2n) is 5.04. The zero-order valence-corrected chi connectivity index (χ0v) is 12.1. The highest BCUT2D eigenvalue weighted by Crippen LogP contribution is 2.26. The van der Waals surface area contributed by atoms with E-state index in [0.717, 1.165) is 29.3 Å². The average Bonchev–Trinajstić information content (AvgIpc) is 2.76. The van der Waals surface area contributed by atoms with Crippen LogP contribution in [0.15, 0.2) is 12.1 Å². The Hall–Kier alpha value is -0.0500. The van der Waals surface area contributed by atoms with Gasteiger partial charge in [-0.2, -0.15) is 0 Å². The second-order valence-corrected chi connectivity index (χ2v) is 6.84. The summed E-state index contributed by atoms with van der Waals surface area (Å²) in [5, 5.41) is 3.69. The molecule has 1 heterocycles. The van der Waals surface area contributed by atoms with Crippen molar-refractivity contribution in [1.29, 1.82) is 0 Å². The lowest BCUT2D eigenvalue weighted by Crippen LogP contribution is -2.34. The van der Waals surface area contributed by atoms with Crippen LogP contribution in [0.25, 0.3) is 0 Å². The highest BCUT2D eigenvalue weighted by Gasteiger charge is 2.19. The minimum atomic E-state index is 0.758. The largest absolute Gasteiger partial charge is 0.314 e. The topological polar surface area (TPSA) is 12.0 Å². The quantitative estimate of drug-likeness (QED) is 0.831. The highest BCUT2D eigenvalue weighted by atomic mass is 35.5. The summed E-state index contributed by atoms with van der Waals surface area (Å²) in [4.78, 5) is 1.39. The van der Waals surface area contributed by atoms with Crippen molar-refractivity contribution in [2.45, 2.75) is 51.5 Å². The van der Waals surface area contributed by atoms with E-state index in [1.54, 1.807) is 11.3 Å². The number of nitrogens with one attached hydrogen (secondary N) is 1. The fraction of sp³-hybridized carbons (Fsp3) is 0.714. The molecule has 1 fully saturated rings. The first-order chi connectivity index (χ1) is 8.28. The molecule has 1 N–H and O–H groups in total. The summed E-state index contributed by atoms with van der Waals surface area (Å²) in [6.07, 6.45) is 8.04. The van der Waals surface area contributed by atoms with Crippen LogP contribution in [-0.2, 0) is 6.42 Å². The smallest absolute Gasteiger partial charge is 0.0931 e. The van der Waals surface area contributed by atoms with Crippen LogP contribution in [0.5, 0.6) is 0 Å². The van der Waals surface area contributed by atoms with Crippen LogP contribution in [0.1, 0.15) is 43.9 Å². The third-order valence-electron chi connectivity index (χ3n) is 3.86. The number of hydrogen-bond acceptors (Lipinski definition) is 2. The van der Waals surface area contributed by atoms with Crippen molar-refractivity contribution in [2.24, 2.45) is 5.92 Å². The van der Waals surface area contributed by atoms with Crippen LogP contribution in [0.2, 0.25) is 4.34 Å². The number of hydrogen-bond donors (Lipinski definition) is 1. The fourth-order valence-corrected chi connectivity index (χ4v) is 3.75. The van der Waals surface area contributed by atoms with Gasteiger partial charge in [-0.1, -0.05) is 24.9 Å². The summed E-state index contributed by atoms with van der Waals surface area (Å²) in [6.45, 7) is 3.41. The van der Waals surface area contributed by atoms with Crippen LogP contribution in [0.4, 0.5) is 0 Å². The lowest BCUT2D eigenvalue weighted by molar-refractivity contribution is 0.287. The molecule has 0 atom stereocenters. The van der Waals surface area contributed by atoms with Gasteiger partial charge in [-0.25, -0.2) is 0 Å². The third-order valence-corrected chi connectivity index (χ3v) is 5.15. The Bertz CT molecular complexity index is 329. The van der Waals surface area contributed by atoms with Crippen molar-refractivity contribution in [3.05, 3.63) is 21.3 Å². The van der Waals surface area contributed by atoms with Crippen LogP contribution >= 0.6 is 22.9 Å². The van der Waals surface area contributed by atoms with E-state index >= 15 is 0 Å². The second kappa shape index (κ2) is 6.77. The molecule has 0 radical (unpaired) electrons. The molecule has 0 aromatic carbocycles. The molecule has 0 amide bonds. The first-order valence-corrected chi connectivity index (χ1v) is 7.95. The van der Waals surface area contributed by atoms with Gasteiger partial charge in [-0.15, -0.1) is 11.3 Å². The average molecular weight is 272 g/mol. The number of rotatable bonds is 5. The Morgan fingerprint density at radius 3 is 2.65 bits per heavy atom. The summed E-state index contributed by atoms with van der Waals surface area (Å²) in [6, 6.07) is 4.89. The van der Waals surface area contributed by atoms with Crippen molar-refractivity contribution < 1.29 is 0 Å². The summed E-state index contributed by atoms with van der Waals surface area (Å²) in [5.74, 6) is 0.990. The van der Waals surface area contributed by atoms with Crippen LogP contribution in [0, 0.1) is 5.92 Å². The van der Waals surface area contributed by atoms with Gasteiger partial charge in [0, 0.05) is 17.5 Å². The molecular weight excluding hydrogens is 250 g/mol. The van der Waals surface area contributed by atoms with Crippen LogP contribution in [-0.4, -0.2) is 12.6 Å². The van der Waals surface area contributed by atoms with E-state index in [1.165, 1.54) is 37.0 Å². The highest BCUT2D eigenvalue weighted by molar-refractivity contribution is 7.16. The van der Waals surface area contributed by atoms with Gasteiger partial charge in [0.15, 0.2) is 0 Å². The van der Waals surface area contributed by atoms with Gasteiger partial charge < -0.3 is 5.32 Å². The van der Waals surface area contributed by atoms with Crippen molar-refractivity contribution >= 4 is 22.9 Å². The SMILES string of the molecule is CCC1CCC(NCCc2ccc(Cl)s2)CC1. The molecule has 2 rings (SSSR count). The molecule has 1 aromatic heterocycles. The van der Waals surface area contributed by atoms with Crippen molar-refractivity contribution in [3.63, 3.8) is 0 Å². The molecule has 1 aliphatic rings. The fourth-order valence-electron chi connectivity index (χ4n) is 2.66. The standard InChI is InChI=1S/C14H22ClNS/c1-2-11-3-5-12(6-4-11)16-10-9-13-7-8-14(15)17-13/h7-8,11-12,16H,2-6,9-10H2,1H3. The summed E-state index contributed by atoms with van der Waals surface area (Å²) < 4.78 is 0.906. The molecule has 0 saturated heterocycles. The van der Waals surface area contributed by atoms with Gasteiger partial charge in [-0.3, -0.25) is 0 Å². The zero-order chi connectivity index (χ0) is 12.1. The summed E-state index contributed by atoms with van der Waals surface area (Å²) in [7, 11) is 0. The Kier molecular flexibility index (Phi) is 5.33. The molecule has 0 unspecified atom stereocenters. The van der Waals surface area contributed by atoms with Crippen molar-refractivity contribution in [1.82, 2.24) is 5.32 Å². The lowest BCUT2D eigenvalue weighted by Gasteiger charge is -2.28.